The Hall–Kier alpha value is -1.53. The largest absolute Gasteiger partial charge is 0.366 e. The minimum atomic E-state index is -0.435. The third kappa shape index (κ3) is 47.0. The van der Waals surface area contributed by atoms with E-state index >= 15 is 0 Å². The third-order valence-electron chi connectivity index (χ3n) is 0.611. The van der Waals surface area contributed by atoms with E-state index < -0.39 is 5.91 Å². The number of nitrogens with zero attached hydrogens (tertiary/aromatic N) is 1. The second-order valence-corrected chi connectivity index (χ2v) is 2.50. The van der Waals surface area contributed by atoms with Crippen LogP contribution >= 0.6 is 11.6 Å². The Morgan fingerprint density at radius 2 is 1.64 bits per heavy atom. The molecule has 0 atom stereocenters. The number of carbonyl (C=O) groups excluding carboxylic acids is 1. The van der Waals surface area contributed by atoms with E-state index in [2.05, 4.69) is 19.7 Å². The summed E-state index contributed by atoms with van der Waals surface area (Å²) in [5.74, 6) is -0.435. The first-order valence-electron chi connectivity index (χ1n) is 3.55. The van der Waals surface area contributed by atoms with E-state index in [0.717, 1.165) is 0 Å². The summed E-state index contributed by atoms with van der Waals surface area (Å²) in [6, 6.07) is 1.83. The number of primary amides is 1. The summed E-state index contributed by atoms with van der Waals surface area (Å²) in [6.07, 6.45) is 0. The number of halogens is 1. The van der Waals surface area contributed by atoms with Gasteiger partial charge >= 0.3 is 0 Å². The van der Waals surface area contributed by atoms with E-state index in [9.17, 15) is 4.79 Å². The minimum Gasteiger partial charge on any atom is -0.366 e. The molecular formula is C10H15ClN2O. The maximum Gasteiger partial charge on any atom is 0.243 e. The molecule has 0 aromatic rings. The van der Waals surface area contributed by atoms with Crippen LogP contribution in [-0.4, -0.2) is 5.91 Å². The summed E-state index contributed by atoms with van der Waals surface area (Å²) in [5, 5.41) is 7.79. The van der Waals surface area contributed by atoms with Crippen LogP contribution in [0.5, 0.6) is 0 Å². The standard InChI is InChI=1S/C4H7NO.C4H5N.C2H3Cl/c1-3(2)4(5)6;1-4(2)3-5;1-2-3/h1H2,2H3,(H2,5,6);1H2,2H3;2H,1H2. The molecule has 0 saturated heterocycles. The Kier molecular flexibility index (Phi) is 18.3. The van der Waals surface area contributed by atoms with Crippen molar-refractivity contribution in [3.8, 4) is 6.07 Å². The normalized spacial score (nSPS) is 6.14. The summed E-state index contributed by atoms with van der Waals surface area (Å²) in [7, 11) is 0. The summed E-state index contributed by atoms with van der Waals surface area (Å²) < 4.78 is 0. The molecule has 0 radical (unpaired) electrons. The monoisotopic (exact) mass is 214 g/mol. The number of hydrogen-bond donors (Lipinski definition) is 1. The predicted molar refractivity (Wildman–Crippen MR) is 60.5 cm³/mol. The highest BCUT2D eigenvalue weighted by Gasteiger charge is 1.86. The maximum absolute atomic E-state index is 9.82. The van der Waals surface area contributed by atoms with E-state index in [4.69, 9.17) is 22.6 Å². The molecule has 0 aromatic heterocycles. The number of carbonyl (C=O) groups is 1. The van der Waals surface area contributed by atoms with Crippen LogP contribution < -0.4 is 5.73 Å². The number of allylic oxidation sites excluding steroid dienone is 1. The average Bonchev–Trinajstić information content (AvgIpc) is 2.06. The Morgan fingerprint density at radius 1 is 1.50 bits per heavy atom. The van der Waals surface area contributed by atoms with Crippen molar-refractivity contribution in [2.24, 2.45) is 5.73 Å². The molecule has 2 N–H and O–H groups in total. The second kappa shape index (κ2) is 14.0. The molecule has 0 bridgehead atoms. The highest BCUT2D eigenvalue weighted by Crippen LogP contribution is 1.78. The molecular weight excluding hydrogens is 200 g/mol. The first-order chi connectivity index (χ1) is 6.33. The smallest absolute Gasteiger partial charge is 0.243 e. The molecule has 3 nitrogen and oxygen atoms in total. The van der Waals surface area contributed by atoms with Crippen molar-refractivity contribution in [2.75, 3.05) is 0 Å². The molecule has 78 valence electrons. The van der Waals surface area contributed by atoms with Gasteiger partial charge in [-0.2, -0.15) is 5.26 Å². The van der Waals surface area contributed by atoms with Gasteiger partial charge in [0.1, 0.15) is 0 Å². The molecule has 0 spiro atoms. The molecule has 0 aliphatic rings. The highest BCUT2D eigenvalue weighted by atomic mass is 35.5. The predicted octanol–water partition coefficient (Wildman–Crippen LogP) is 2.50. The van der Waals surface area contributed by atoms with Crippen molar-refractivity contribution in [3.63, 3.8) is 0 Å². The average molecular weight is 215 g/mol. The zero-order chi connectivity index (χ0) is 12.1. The van der Waals surface area contributed by atoms with Crippen molar-refractivity contribution < 1.29 is 4.79 Å². The Bertz CT molecular complexity index is 239. The number of hydrogen-bond acceptors (Lipinski definition) is 2. The van der Waals surface area contributed by atoms with Gasteiger partial charge in [-0.1, -0.05) is 31.3 Å². The zero-order valence-electron chi connectivity index (χ0n) is 8.51. The van der Waals surface area contributed by atoms with E-state index in [-0.39, 0.29) is 0 Å². The molecule has 0 aliphatic carbocycles. The van der Waals surface area contributed by atoms with E-state index in [1.165, 1.54) is 5.54 Å². The van der Waals surface area contributed by atoms with Crippen molar-refractivity contribution in [1.82, 2.24) is 0 Å². The topological polar surface area (TPSA) is 66.9 Å². The van der Waals surface area contributed by atoms with Gasteiger partial charge in [-0.05, 0) is 19.4 Å². The lowest BCUT2D eigenvalue weighted by Crippen LogP contribution is -2.10. The fraction of sp³-hybridized carbons (Fsp3) is 0.200. The number of nitriles is 1. The van der Waals surface area contributed by atoms with Crippen LogP contribution in [0.3, 0.4) is 0 Å². The second-order valence-electron chi connectivity index (χ2n) is 2.19. The van der Waals surface area contributed by atoms with E-state index in [0.29, 0.717) is 11.1 Å². The molecule has 0 fully saturated rings. The van der Waals surface area contributed by atoms with Gasteiger partial charge in [-0.3, -0.25) is 4.79 Å². The lowest BCUT2D eigenvalue weighted by Gasteiger charge is -1.81. The Morgan fingerprint density at radius 3 is 1.64 bits per heavy atom. The van der Waals surface area contributed by atoms with Crippen molar-refractivity contribution in [3.05, 3.63) is 36.4 Å². The third-order valence-corrected chi connectivity index (χ3v) is 0.611. The zero-order valence-corrected chi connectivity index (χ0v) is 9.27. The molecule has 0 unspecified atom stereocenters. The van der Waals surface area contributed by atoms with Gasteiger partial charge in [0.15, 0.2) is 0 Å². The lowest BCUT2D eigenvalue weighted by molar-refractivity contribution is -0.114. The Balaban J connectivity index is -0.000000138. The summed E-state index contributed by atoms with van der Waals surface area (Å²) >= 11 is 4.76. The van der Waals surface area contributed by atoms with E-state index in [1.807, 2.05) is 6.07 Å². The molecule has 4 heteroatoms. The number of nitrogens with two attached hydrogens (primary N) is 1. The van der Waals surface area contributed by atoms with Crippen LogP contribution in [0.25, 0.3) is 0 Å². The first kappa shape index (κ1) is 18.3. The van der Waals surface area contributed by atoms with Gasteiger partial charge in [0.2, 0.25) is 5.91 Å². The highest BCUT2D eigenvalue weighted by molar-refractivity contribution is 6.25. The van der Waals surface area contributed by atoms with Crippen LogP contribution in [0.2, 0.25) is 0 Å². The van der Waals surface area contributed by atoms with Gasteiger partial charge in [0.05, 0.1) is 6.07 Å². The Labute approximate surface area is 90.2 Å². The summed E-state index contributed by atoms with van der Waals surface area (Å²) in [4.78, 5) is 9.82. The van der Waals surface area contributed by atoms with Gasteiger partial charge in [-0.15, -0.1) is 0 Å². The van der Waals surface area contributed by atoms with Crippen LogP contribution in [-0.2, 0) is 4.79 Å². The fourth-order valence-electron chi connectivity index (χ4n) is 0. The first-order valence-corrected chi connectivity index (χ1v) is 3.99. The molecule has 0 saturated carbocycles. The van der Waals surface area contributed by atoms with Crippen molar-refractivity contribution in [1.29, 1.82) is 5.26 Å². The summed E-state index contributed by atoms with van der Waals surface area (Å²) in [6.45, 7) is 13.0. The summed E-state index contributed by atoms with van der Waals surface area (Å²) in [5.41, 5.74) is 6.88. The molecule has 0 heterocycles. The van der Waals surface area contributed by atoms with Crippen LogP contribution in [0.15, 0.2) is 36.4 Å². The quantitative estimate of drug-likeness (QED) is 0.538. The van der Waals surface area contributed by atoms with Crippen molar-refractivity contribution >= 4 is 17.5 Å². The van der Waals surface area contributed by atoms with E-state index in [1.54, 1.807) is 13.8 Å². The van der Waals surface area contributed by atoms with Gasteiger partial charge in [0, 0.05) is 11.1 Å². The number of amides is 1. The van der Waals surface area contributed by atoms with Gasteiger partial charge < -0.3 is 5.73 Å². The van der Waals surface area contributed by atoms with Gasteiger partial charge in [-0.25, -0.2) is 0 Å². The maximum atomic E-state index is 9.82. The lowest BCUT2D eigenvalue weighted by atomic mass is 10.3. The fourth-order valence-corrected chi connectivity index (χ4v) is 0. The molecule has 0 rings (SSSR count). The molecule has 0 aromatic carbocycles. The minimum absolute atomic E-state index is 0.398. The van der Waals surface area contributed by atoms with Crippen LogP contribution in [0, 0.1) is 11.3 Å². The van der Waals surface area contributed by atoms with Crippen molar-refractivity contribution in [2.45, 2.75) is 13.8 Å². The van der Waals surface area contributed by atoms with Crippen LogP contribution in [0.1, 0.15) is 13.8 Å². The SMILES string of the molecule is C=C(C)C#N.C=C(C)C(N)=O.C=CCl. The number of rotatable bonds is 1. The molecule has 1 amide bonds. The van der Waals surface area contributed by atoms with Crippen LogP contribution in [0.4, 0.5) is 0 Å². The van der Waals surface area contributed by atoms with Gasteiger partial charge in [0.25, 0.3) is 0 Å². The molecule has 14 heavy (non-hydrogen) atoms. The molecule has 0 aliphatic heterocycles.